The Labute approximate surface area is 231 Å². The van der Waals surface area contributed by atoms with Gasteiger partial charge < -0.3 is 10.1 Å². The SMILES string of the molecule is CCCCCCCCCCCCCC#CC#CCCCCCCCCC(=O)OC(C)(C)C1CC[NH2+]CC1. The lowest BCUT2D eigenvalue weighted by atomic mass is 9.83. The average Bonchev–Trinajstić information content (AvgIpc) is 2.89. The van der Waals surface area contributed by atoms with E-state index in [0.717, 1.165) is 58.0 Å². The van der Waals surface area contributed by atoms with Gasteiger partial charge in [0.15, 0.2) is 0 Å². The van der Waals surface area contributed by atoms with Crippen molar-refractivity contribution >= 4 is 5.97 Å². The Kier molecular flexibility index (Phi) is 21.5. The van der Waals surface area contributed by atoms with Gasteiger partial charge in [-0.25, -0.2) is 0 Å². The molecule has 0 saturated carbocycles. The highest BCUT2D eigenvalue weighted by molar-refractivity contribution is 5.69. The van der Waals surface area contributed by atoms with Crippen molar-refractivity contribution in [3.8, 4) is 23.7 Å². The van der Waals surface area contributed by atoms with Gasteiger partial charge in [-0.3, -0.25) is 4.79 Å². The predicted molar refractivity (Wildman–Crippen MR) is 158 cm³/mol. The lowest BCUT2D eigenvalue weighted by Crippen LogP contribution is -2.86. The van der Waals surface area contributed by atoms with Crippen LogP contribution in [-0.2, 0) is 9.53 Å². The van der Waals surface area contributed by atoms with Crippen LogP contribution in [0.4, 0.5) is 0 Å². The molecule has 0 unspecified atom stereocenters. The highest BCUT2D eigenvalue weighted by Gasteiger charge is 2.35. The fraction of sp³-hybridized carbons (Fsp3) is 0.853. The number of carbonyl (C=O) groups is 1. The molecule has 0 aromatic heterocycles. The maximum absolute atomic E-state index is 12.3. The summed E-state index contributed by atoms with van der Waals surface area (Å²) in [5.74, 6) is 13.0. The topological polar surface area (TPSA) is 42.9 Å². The Morgan fingerprint density at radius 3 is 1.62 bits per heavy atom. The molecule has 0 aliphatic carbocycles. The Hall–Kier alpha value is -1.45. The first-order chi connectivity index (χ1) is 18.1. The normalized spacial score (nSPS) is 13.9. The van der Waals surface area contributed by atoms with Crippen LogP contribution in [0.1, 0.15) is 162 Å². The van der Waals surface area contributed by atoms with Crippen LogP contribution in [0.2, 0.25) is 0 Å². The van der Waals surface area contributed by atoms with Crippen molar-refractivity contribution in [3.63, 3.8) is 0 Å². The average molecular weight is 515 g/mol. The molecule has 0 aromatic carbocycles. The zero-order chi connectivity index (χ0) is 26.9. The maximum atomic E-state index is 12.3. The zero-order valence-corrected chi connectivity index (χ0v) is 24.9. The van der Waals surface area contributed by atoms with E-state index in [4.69, 9.17) is 4.74 Å². The third-order valence-electron chi connectivity index (χ3n) is 7.88. The van der Waals surface area contributed by atoms with Gasteiger partial charge >= 0.3 is 5.97 Å². The molecule has 37 heavy (non-hydrogen) atoms. The van der Waals surface area contributed by atoms with Gasteiger partial charge in [0, 0.05) is 38.0 Å². The highest BCUT2D eigenvalue weighted by Crippen LogP contribution is 2.28. The summed E-state index contributed by atoms with van der Waals surface area (Å²) in [4.78, 5) is 12.3. The Morgan fingerprint density at radius 1 is 0.703 bits per heavy atom. The number of quaternary nitrogens is 1. The minimum atomic E-state index is -0.316. The molecule has 3 heteroatoms. The number of unbranched alkanes of at least 4 members (excludes halogenated alkanes) is 17. The molecule has 0 aromatic rings. The lowest BCUT2D eigenvalue weighted by molar-refractivity contribution is -0.665. The van der Waals surface area contributed by atoms with E-state index in [1.165, 1.54) is 89.9 Å². The van der Waals surface area contributed by atoms with Gasteiger partial charge in [-0.15, -0.1) is 0 Å². The van der Waals surface area contributed by atoms with E-state index in [1.54, 1.807) is 0 Å². The molecular weight excluding hydrogens is 454 g/mol. The van der Waals surface area contributed by atoms with Crippen LogP contribution in [0.5, 0.6) is 0 Å². The van der Waals surface area contributed by atoms with Crippen LogP contribution in [0.3, 0.4) is 0 Å². The molecule has 1 saturated heterocycles. The second-order valence-corrected chi connectivity index (χ2v) is 11.7. The minimum Gasteiger partial charge on any atom is -0.459 e. The second-order valence-electron chi connectivity index (χ2n) is 11.7. The third-order valence-corrected chi connectivity index (χ3v) is 7.88. The molecular formula is C34H60NO2+. The molecule has 1 fully saturated rings. The van der Waals surface area contributed by atoms with Crippen molar-refractivity contribution in [1.82, 2.24) is 0 Å². The molecule has 1 heterocycles. The second kappa shape index (κ2) is 23.7. The molecule has 1 aliphatic rings. The van der Waals surface area contributed by atoms with E-state index < -0.39 is 0 Å². The summed E-state index contributed by atoms with van der Waals surface area (Å²) in [5.41, 5.74) is -0.316. The van der Waals surface area contributed by atoms with E-state index in [0.29, 0.717) is 12.3 Å². The van der Waals surface area contributed by atoms with E-state index in [1.807, 2.05) is 0 Å². The standard InChI is InChI=1S/C34H59NO2/c1-4-5-6-7-8-9-10-11-12-13-14-15-16-17-18-19-20-21-22-23-24-25-26-27-33(36)37-34(2,3)32-28-30-35-31-29-32/h32,35H,4-15,20-31H2,1-3H3/p+1. The fourth-order valence-corrected chi connectivity index (χ4v) is 5.33. The Bertz CT molecular complexity index is 669. The summed E-state index contributed by atoms with van der Waals surface area (Å²) in [6.07, 6.45) is 26.8. The largest absolute Gasteiger partial charge is 0.459 e. The summed E-state index contributed by atoms with van der Waals surface area (Å²) in [6, 6.07) is 0. The summed E-state index contributed by atoms with van der Waals surface area (Å²) in [5, 5.41) is 2.36. The van der Waals surface area contributed by atoms with Crippen molar-refractivity contribution in [1.29, 1.82) is 0 Å². The first kappa shape index (κ1) is 33.6. The predicted octanol–water partition coefficient (Wildman–Crippen LogP) is 8.11. The van der Waals surface area contributed by atoms with Crippen LogP contribution < -0.4 is 5.32 Å². The van der Waals surface area contributed by atoms with Crippen LogP contribution in [0.25, 0.3) is 0 Å². The van der Waals surface area contributed by atoms with Crippen LogP contribution >= 0.6 is 0 Å². The number of rotatable bonds is 21. The minimum absolute atomic E-state index is 0.0144. The summed E-state index contributed by atoms with van der Waals surface area (Å²) in [7, 11) is 0. The van der Waals surface area contributed by atoms with Crippen LogP contribution in [0, 0.1) is 29.6 Å². The molecule has 0 bridgehead atoms. The summed E-state index contributed by atoms with van der Waals surface area (Å²) < 4.78 is 5.85. The van der Waals surface area contributed by atoms with Gasteiger partial charge in [-0.2, -0.15) is 0 Å². The summed E-state index contributed by atoms with van der Waals surface area (Å²) in [6.45, 7) is 8.78. The first-order valence-corrected chi connectivity index (χ1v) is 16.1. The van der Waals surface area contributed by atoms with Gasteiger partial charge in [0.05, 0.1) is 13.1 Å². The number of ether oxygens (including phenoxy) is 1. The van der Waals surface area contributed by atoms with Crippen molar-refractivity contribution in [2.75, 3.05) is 13.1 Å². The molecule has 1 aliphatic heterocycles. The van der Waals surface area contributed by atoms with Crippen LogP contribution in [-0.4, -0.2) is 24.7 Å². The molecule has 0 radical (unpaired) electrons. The van der Waals surface area contributed by atoms with Gasteiger partial charge in [-0.1, -0.05) is 109 Å². The van der Waals surface area contributed by atoms with Gasteiger partial charge in [-0.05, 0) is 45.0 Å². The third kappa shape index (κ3) is 20.2. The number of carbonyl (C=O) groups excluding carboxylic acids is 1. The van der Waals surface area contributed by atoms with Gasteiger partial charge in [0.25, 0.3) is 0 Å². The molecule has 0 amide bonds. The summed E-state index contributed by atoms with van der Waals surface area (Å²) >= 11 is 0. The molecule has 1 rings (SSSR count). The zero-order valence-electron chi connectivity index (χ0n) is 24.9. The van der Waals surface area contributed by atoms with Crippen molar-refractivity contribution in [2.45, 2.75) is 168 Å². The lowest BCUT2D eigenvalue weighted by Gasteiger charge is -2.35. The van der Waals surface area contributed by atoms with E-state index in [2.05, 4.69) is 49.8 Å². The Balaban J connectivity index is 1.86. The van der Waals surface area contributed by atoms with Crippen molar-refractivity contribution in [2.24, 2.45) is 5.92 Å². The van der Waals surface area contributed by atoms with Crippen molar-refractivity contribution < 1.29 is 14.8 Å². The van der Waals surface area contributed by atoms with E-state index in [9.17, 15) is 4.79 Å². The quantitative estimate of drug-likeness (QED) is 0.0955. The highest BCUT2D eigenvalue weighted by atomic mass is 16.6. The maximum Gasteiger partial charge on any atom is 0.306 e. The van der Waals surface area contributed by atoms with E-state index >= 15 is 0 Å². The number of hydrogen-bond acceptors (Lipinski definition) is 2. The van der Waals surface area contributed by atoms with E-state index in [-0.39, 0.29) is 11.6 Å². The number of piperidine rings is 1. The molecule has 3 nitrogen and oxygen atoms in total. The fourth-order valence-electron chi connectivity index (χ4n) is 5.33. The number of nitrogens with two attached hydrogens (primary N) is 1. The van der Waals surface area contributed by atoms with Gasteiger partial charge in [0.2, 0.25) is 0 Å². The molecule has 0 spiro atoms. The van der Waals surface area contributed by atoms with Crippen LogP contribution in [0.15, 0.2) is 0 Å². The smallest absolute Gasteiger partial charge is 0.306 e. The molecule has 212 valence electrons. The first-order valence-electron chi connectivity index (χ1n) is 16.1. The monoisotopic (exact) mass is 514 g/mol. The molecule has 0 atom stereocenters. The van der Waals surface area contributed by atoms with Gasteiger partial charge in [0.1, 0.15) is 5.60 Å². The number of esters is 1. The molecule has 2 N–H and O–H groups in total. The van der Waals surface area contributed by atoms with Crippen molar-refractivity contribution in [3.05, 3.63) is 0 Å². The number of hydrogen-bond donors (Lipinski definition) is 1. The Morgan fingerprint density at radius 2 is 1.14 bits per heavy atom.